The molecule has 0 aliphatic carbocycles. The van der Waals surface area contributed by atoms with Crippen molar-refractivity contribution in [3.8, 4) is 0 Å². The SMILES string of the molecule is CCCC(Nc1c(F)cccc1F)C(=O)OCC. The summed E-state index contributed by atoms with van der Waals surface area (Å²) in [6.07, 6.45) is 1.15. The van der Waals surface area contributed by atoms with Crippen LogP contribution < -0.4 is 5.32 Å². The van der Waals surface area contributed by atoms with Crippen molar-refractivity contribution >= 4 is 11.7 Å². The van der Waals surface area contributed by atoms with Crippen molar-refractivity contribution in [2.75, 3.05) is 11.9 Å². The fourth-order valence-electron chi connectivity index (χ4n) is 1.59. The van der Waals surface area contributed by atoms with Gasteiger partial charge in [0.15, 0.2) is 0 Å². The van der Waals surface area contributed by atoms with Crippen molar-refractivity contribution in [2.24, 2.45) is 0 Å². The summed E-state index contributed by atoms with van der Waals surface area (Å²) in [4.78, 5) is 11.6. The standard InChI is InChI=1S/C13H17F2NO2/c1-3-6-11(13(17)18-4-2)16-12-9(14)7-5-8-10(12)15/h5,7-8,11,16H,3-4,6H2,1-2H3. The number of para-hydroxylation sites is 1. The molecular formula is C13H17F2NO2. The van der Waals surface area contributed by atoms with Gasteiger partial charge >= 0.3 is 5.97 Å². The van der Waals surface area contributed by atoms with Gasteiger partial charge in [-0.2, -0.15) is 0 Å². The van der Waals surface area contributed by atoms with Crippen LogP contribution in [0.4, 0.5) is 14.5 Å². The normalized spacial score (nSPS) is 12.0. The summed E-state index contributed by atoms with van der Waals surface area (Å²) in [5.74, 6) is -1.94. The zero-order chi connectivity index (χ0) is 13.5. The van der Waals surface area contributed by atoms with Crippen LogP contribution in [0.5, 0.6) is 0 Å². The zero-order valence-electron chi connectivity index (χ0n) is 10.5. The zero-order valence-corrected chi connectivity index (χ0v) is 10.5. The third-order valence-corrected chi connectivity index (χ3v) is 2.43. The van der Waals surface area contributed by atoms with Crippen LogP contribution >= 0.6 is 0 Å². The number of esters is 1. The molecule has 0 amide bonds. The maximum absolute atomic E-state index is 13.4. The van der Waals surface area contributed by atoms with E-state index in [0.717, 1.165) is 12.1 Å². The summed E-state index contributed by atoms with van der Waals surface area (Å²) < 4.78 is 31.8. The van der Waals surface area contributed by atoms with Crippen LogP contribution in [0, 0.1) is 11.6 Å². The van der Waals surface area contributed by atoms with Crippen molar-refractivity contribution in [3.63, 3.8) is 0 Å². The Kier molecular flexibility index (Phi) is 5.55. The Morgan fingerprint density at radius 1 is 1.33 bits per heavy atom. The van der Waals surface area contributed by atoms with Crippen molar-refractivity contribution in [2.45, 2.75) is 32.7 Å². The maximum Gasteiger partial charge on any atom is 0.328 e. The van der Waals surface area contributed by atoms with Gasteiger partial charge in [0.25, 0.3) is 0 Å². The van der Waals surface area contributed by atoms with E-state index >= 15 is 0 Å². The highest BCUT2D eigenvalue weighted by Crippen LogP contribution is 2.20. The molecule has 1 aromatic carbocycles. The average Bonchev–Trinajstić information content (AvgIpc) is 2.33. The summed E-state index contributed by atoms with van der Waals surface area (Å²) in [6, 6.07) is 2.81. The molecule has 1 unspecified atom stereocenters. The molecule has 0 saturated heterocycles. The van der Waals surface area contributed by atoms with E-state index in [1.54, 1.807) is 6.92 Å². The number of nitrogens with one attached hydrogen (secondary N) is 1. The van der Waals surface area contributed by atoms with Gasteiger partial charge in [0.05, 0.1) is 6.61 Å². The molecule has 0 spiro atoms. The number of benzene rings is 1. The van der Waals surface area contributed by atoms with E-state index in [0.29, 0.717) is 12.8 Å². The molecule has 0 aliphatic rings. The number of halogens is 2. The van der Waals surface area contributed by atoms with Crippen molar-refractivity contribution < 1.29 is 18.3 Å². The molecule has 0 bridgehead atoms. The van der Waals surface area contributed by atoms with Gasteiger partial charge in [-0.05, 0) is 25.5 Å². The lowest BCUT2D eigenvalue weighted by Crippen LogP contribution is -2.32. The van der Waals surface area contributed by atoms with E-state index in [9.17, 15) is 13.6 Å². The smallest absolute Gasteiger partial charge is 0.328 e. The molecule has 5 heteroatoms. The minimum Gasteiger partial charge on any atom is -0.464 e. The maximum atomic E-state index is 13.4. The molecule has 0 aromatic heterocycles. The predicted molar refractivity (Wildman–Crippen MR) is 65.3 cm³/mol. The van der Waals surface area contributed by atoms with Gasteiger partial charge in [-0.1, -0.05) is 19.4 Å². The molecule has 0 fully saturated rings. The summed E-state index contributed by atoms with van der Waals surface area (Å²) in [5.41, 5.74) is -0.288. The minimum atomic E-state index is -0.735. The first-order valence-corrected chi connectivity index (χ1v) is 5.97. The second-order valence-electron chi connectivity index (χ2n) is 3.83. The number of carbonyl (C=O) groups excluding carboxylic acids is 1. The summed E-state index contributed by atoms with van der Waals surface area (Å²) >= 11 is 0. The third kappa shape index (κ3) is 3.68. The molecule has 1 rings (SSSR count). The van der Waals surface area contributed by atoms with E-state index in [4.69, 9.17) is 4.74 Å². The van der Waals surface area contributed by atoms with Crippen molar-refractivity contribution in [3.05, 3.63) is 29.8 Å². The van der Waals surface area contributed by atoms with Gasteiger partial charge in [0, 0.05) is 0 Å². The average molecular weight is 257 g/mol. The van der Waals surface area contributed by atoms with Gasteiger partial charge in [-0.3, -0.25) is 0 Å². The van der Waals surface area contributed by atoms with Gasteiger partial charge in [0.1, 0.15) is 23.4 Å². The number of hydrogen-bond donors (Lipinski definition) is 1. The van der Waals surface area contributed by atoms with Gasteiger partial charge in [-0.15, -0.1) is 0 Å². The van der Waals surface area contributed by atoms with E-state index in [1.165, 1.54) is 6.07 Å². The fourth-order valence-corrected chi connectivity index (χ4v) is 1.59. The predicted octanol–water partition coefficient (Wildman–Crippen LogP) is 3.11. The van der Waals surface area contributed by atoms with Crippen LogP contribution in [0.1, 0.15) is 26.7 Å². The lowest BCUT2D eigenvalue weighted by atomic mass is 10.1. The lowest BCUT2D eigenvalue weighted by molar-refractivity contribution is -0.144. The molecule has 0 heterocycles. The van der Waals surface area contributed by atoms with Gasteiger partial charge in [0.2, 0.25) is 0 Å². The highest BCUT2D eigenvalue weighted by molar-refractivity contribution is 5.79. The minimum absolute atomic E-state index is 0.237. The second kappa shape index (κ2) is 6.93. The number of carbonyl (C=O) groups is 1. The van der Waals surface area contributed by atoms with Gasteiger partial charge in [-0.25, -0.2) is 13.6 Å². The number of rotatable bonds is 6. The van der Waals surface area contributed by atoms with E-state index in [2.05, 4.69) is 5.32 Å². The summed E-state index contributed by atoms with van der Waals surface area (Å²) in [5, 5.41) is 2.58. The molecule has 0 saturated carbocycles. The molecule has 1 N–H and O–H groups in total. The summed E-state index contributed by atoms with van der Waals surface area (Å²) in [7, 11) is 0. The Balaban J connectivity index is 2.86. The first-order chi connectivity index (χ1) is 8.60. The Morgan fingerprint density at radius 2 is 1.94 bits per heavy atom. The Morgan fingerprint density at radius 3 is 2.44 bits per heavy atom. The quantitative estimate of drug-likeness (QED) is 0.796. The number of ether oxygens (including phenoxy) is 1. The van der Waals surface area contributed by atoms with E-state index in [1.807, 2.05) is 6.92 Å². The van der Waals surface area contributed by atoms with Crippen molar-refractivity contribution in [1.82, 2.24) is 0 Å². The van der Waals surface area contributed by atoms with E-state index in [-0.39, 0.29) is 12.3 Å². The largest absolute Gasteiger partial charge is 0.464 e. The van der Waals surface area contributed by atoms with Crippen LogP contribution in [0.3, 0.4) is 0 Å². The Hall–Kier alpha value is -1.65. The number of hydrogen-bond acceptors (Lipinski definition) is 3. The second-order valence-corrected chi connectivity index (χ2v) is 3.83. The first-order valence-electron chi connectivity index (χ1n) is 5.97. The van der Waals surface area contributed by atoms with Crippen LogP contribution in [-0.2, 0) is 9.53 Å². The van der Waals surface area contributed by atoms with E-state index < -0.39 is 23.6 Å². The molecule has 1 aromatic rings. The molecule has 0 radical (unpaired) electrons. The number of anilines is 1. The molecule has 1 atom stereocenters. The lowest BCUT2D eigenvalue weighted by Gasteiger charge is -2.18. The molecule has 18 heavy (non-hydrogen) atoms. The molecule has 3 nitrogen and oxygen atoms in total. The van der Waals surface area contributed by atoms with Crippen LogP contribution in [0.2, 0.25) is 0 Å². The summed E-state index contributed by atoms with van der Waals surface area (Å²) in [6.45, 7) is 3.80. The highest BCUT2D eigenvalue weighted by Gasteiger charge is 2.21. The topological polar surface area (TPSA) is 38.3 Å². The molecular weight excluding hydrogens is 240 g/mol. The Labute approximate surface area is 105 Å². The first kappa shape index (κ1) is 14.4. The third-order valence-electron chi connectivity index (χ3n) is 2.43. The Bertz CT molecular complexity index is 390. The van der Waals surface area contributed by atoms with Crippen molar-refractivity contribution in [1.29, 1.82) is 0 Å². The van der Waals surface area contributed by atoms with Crippen LogP contribution in [0.25, 0.3) is 0 Å². The highest BCUT2D eigenvalue weighted by atomic mass is 19.1. The molecule has 0 aliphatic heterocycles. The molecule has 100 valence electrons. The monoisotopic (exact) mass is 257 g/mol. The van der Waals surface area contributed by atoms with Crippen LogP contribution in [0.15, 0.2) is 18.2 Å². The van der Waals surface area contributed by atoms with Gasteiger partial charge < -0.3 is 10.1 Å². The van der Waals surface area contributed by atoms with Crippen LogP contribution in [-0.4, -0.2) is 18.6 Å². The fraction of sp³-hybridized carbons (Fsp3) is 0.462.